The van der Waals surface area contributed by atoms with E-state index in [9.17, 15) is 9.59 Å². The van der Waals surface area contributed by atoms with E-state index in [4.69, 9.17) is 27.6 Å². The number of thioether (sulfide) groups is 1. The van der Waals surface area contributed by atoms with Crippen LogP contribution in [0.3, 0.4) is 0 Å². The van der Waals surface area contributed by atoms with Gasteiger partial charge in [0.15, 0.2) is 0 Å². The van der Waals surface area contributed by atoms with Gasteiger partial charge in [0.25, 0.3) is 11.8 Å². The molecule has 1 aromatic heterocycles. The molecule has 0 unspecified atom stereocenters. The van der Waals surface area contributed by atoms with Crippen molar-refractivity contribution in [2.75, 3.05) is 4.90 Å². The van der Waals surface area contributed by atoms with Gasteiger partial charge in [0.1, 0.15) is 5.76 Å². The summed E-state index contributed by atoms with van der Waals surface area (Å²) in [5, 5.41) is 0.630. The van der Waals surface area contributed by atoms with E-state index in [2.05, 4.69) is 0 Å². The molecule has 0 spiro atoms. The van der Waals surface area contributed by atoms with Crippen LogP contribution in [0.15, 0.2) is 76.2 Å². The average molecular weight is 430 g/mol. The quantitative estimate of drug-likeness (QED) is 0.480. The molecule has 4 nitrogen and oxygen atoms in total. The van der Waals surface area contributed by atoms with Crippen molar-refractivity contribution in [2.24, 2.45) is 0 Å². The summed E-state index contributed by atoms with van der Waals surface area (Å²) in [5.41, 5.74) is 1.44. The van der Waals surface area contributed by atoms with Crippen LogP contribution in [0.25, 0.3) is 5.57 Å². The average Bonchev–Trinajstić information content (AvgIpc) is 3.29. The zero-order chi connectivity index (χ0) is 19.7. The number of carbonyl (C=O) groups excluding carboxylic acids is 2. The Bertz CT molecular complexity index is 1080. The fourth-order valence-corrected chi connectivity index (χ4v) is 4.21. The third kappa shape index (κ3) is 3.49. The molecule has 28 heavy (non-hydrogen) atoms. The van der Waals surface area contributed by atoms with Crippen molar-refractivity contribution in [1.82, 2.24) is 0 Å². The number of anilines is 1. The Morgan fingerprint density at radius 1 is 0.893 bits per heavy atom. The second-order valence-electron chi connectivity index (χ2n) is 5.98. The van der Waals surface area contributed by atoms with Crippen LogP contribution in [-0.2, 0) is 15.3 Å². The number of rotatable bonds is 5. The number of halogens is 2. The highest BCUT2D eigenvalue weighted by Gasteiger charge is 2.40. The fraction of sp³-hybridized carbons (Fsp3) is 0.0476. The Kier molecular flexibility index (Phi) is 5.31. The van der Waals surface area contributed by atoms with E-state index in [1.165, 1.54) is 17.8 Å². The van der Waals surface area contributed by atoms with E-state index in [1.807, 2.05) is 36.4 Å². The minimum Gasteiger partial charge on any atom is -0.468 e. The molecule has 1 aliphatic rings. The first-order chi connectivity index (χ1) is 13.6. The van der Waals surface area contributed by atoms with Gasteiger partial charge < -0.3 is 4.42 Å². The summed E-state index contributed by atoms with van der Waals surface area (Å²) < 4.78 is 5.35. The van der Waals surface area contributed by atoms with Gasteiger partial charge in [0.05, 0.1) is 38.2 Å². The Balaban J connectivity index is 1.75. The third-order valence-corrected chi connectivity index (χ3v) is 6.04. The van der Waals surface area contributed by atoms with Crippen LogP contribution >= 0.6 is 35.0 Å². The Hall–Kier alpha value is -2.47. The van der Waals surface area contributed by atoms with E-state index in [-0.39, 0.29) is 5.02 Å². The monoisotopic (exact) mass is 429 g/mol. The summed E-state index contributed by atoms with van der Waals surface area (Å²) in [6, 6.07) is 17.4. The van der Waals surface area contributed by atoms with Gasteiger partial charge >= 0.3 is 0 Å². The van der Waals surface area contributed by atoms with Crippen molar-refractivity contribution >= 4 is 58.0 Å². The van der Waals surface area contributed by atoms with E-state index in [1.54, 1.807) is 24.5 Å². The summed E-state index contributed by atoms with van der Waals surface area (Å²) >= 11 is 13.3. The number of furan rings is 1. The van der Waals surface area contributed by atoms with Crippen LogP contribution in [0.1, 0.15) is 11.3 Å². The van der Waals surface area contributed by atoms with E-state index < -0.39 is 11.8 Å². The zero-order valence-electron chi connectivity index (χ0n) is 14.4. The highest BCUT2D eigenvalue weighted by Crippen LogP contribution is 2.40. The van der Waals surface area contributed by atoms with Crippen molar-refractivity contribution < 1.29 is 14.0 Å². The first-order valence-electron chi connectivity index (χ1n) is 8.35. The normalized spacial score (nSPS) is 14.3. The molecule has 2 heterocycles. The van der Waals surface area contributed by atoms with Crippen LogP contribution in [-0.4, -0.2) is 11.8 Å². The number of carbonyl (C=O) groups is 2. The molecule has 0 N–H and O–H groups in total. The minimum absolute atomic E-state index is 0.276. The van der Waals surface area contributed by atoms with Crippen molar-refractivity contribution in [3.63, 3.8) is 0 Å². The number of amides is 2. The van der Waals surface area contributed by atoms with E-state index in [0.717, 1.165) is 10.7 Å². The summed E-state index contributed by atoms with van der Waals surface area (Å²) in [4.78, 5) is 27.9. The molecular formula is C21H13Cl2NO3S. The highest BCUT2D eigenvalue weighted by atomic mass is 35.5. The molecule has 0 aliphatic carbocycles. The molecule has 1 aliphatic heterocycles. The lowest BCUT2D eigenvalue weighted by Gasteiger charge is -2.15. The molecule has 7 heteroatoms. The molecule has 0 fully saturated rings. The highest BCUT2D eigenvalue weighted by molar-refractivity contribution is 8.03. The minimum atomic E-state index is -0.392. The van der Waals surface area contributed by atoms with Crippen LogP contribution in [0.4, 0.5) is 5.69 Å². The molecule has 140 valence electrons. The number of benzene rings is 2. The molecule has 2 aromatic carbocycles. The topological polar surface area (TPSA) is 50.5 Å². The van der Waals surface area contributed by atoms with Gasteiger partial charge in [-0.3, -0.25) is 9.59 Å². The van der Waals surface area contributed by atoms with Gasteiger partial charge in [-0.25, -0.2) is 4.90 Å². The van der Waals surface area contributed by atoms with Crippen LogP contribution in [0.2, 0.25) is 10.0 Å². The van der Waals surface area contributed by atoms with Crippen molar-refractivity contribution in [1.29, 1.82) is 0 Å². The second kappa shape index (κ2) is 7.87. The van der Waals surface area contributed by atoms with Gasteiger partial charge in [-0.1, -0.05) is 53.5 Å². The molecule has 0 bridgehead atoms. The standard InChI is InChI=1S/C21H13Cl2NO3S/c22-16-9-8-14(11-17(16)23)24-20(25)18(13-5-2-1-3-6-13)19(21(24)26)28-12-15-7-4-10-27-15/h1-11H,12H2. The van der Waals surface area contributed by atoms with Gasteiger partial charge in [-0.05, 0) is 35.9 Å². The molecule has 0 saturated carbocycles. The van der Waals surface area contributed by atoms with Crippen molar-refractivity contribution in [3.05, 3.63) is 93.2 Å². The van der Waals surface area contributed by atoms with Crippen molar-refractivity contribution in [2.45, 2.75) is 5.75 Å². The summed E-state index contributed by atoms with van der Waals surface area (Å²) in [6.07, 6.45) is 1.58. The fourth-order valence-electron chi connectivity index (χ4n) is 2.90. The zero-order valence-corrected chi connectivity index (χ0v) is 16.7. The largest absolute Gasteiger partial charge is 0.468 e. The number of nitrogens with zero attached hydrogens (tertiary/aromatic N) is 1. The van der Waals surface area contributed by atoms with Crippen LogP contribution in [0, 0.1) is 0 Å². The molecule has 0 saturated heterocycles. The van der Waals surface area contributed by atoms with E-state index >= 15 is 0 Å². The first kappa shape index (κ1) is 18.9. The van der Waals surface area contributed by atoms with Gasteiger partial charge in [0, 0.05) is 0 Å². The Morgan fingerprint density at radius 3 is 2.36 bits per heavy atom. The lowest BCUT2D eigenvalue weighted by atomic mass is 10.1. The maximum absolute atomic E-state index is 13.2. The Labute approximate surface area is 175 Å². The molecule has 4 rings (SSSR count). The Morgan fingerprint density at radius 2 is 1.68 bits per heavy atom. The van der Waals surface area contributed by atoms with Crippen LogP contribution in [0.5, 0.6) is 0 Å². The predicted molar refractivity (Wildman–Crippen MR) is 112 cm³/mol. The summed E-state index contributed by atoms with van der Waals surface area (Å²) in [7, 11) is 0. The van der Waals surface area contributed by atoms with Gasteiger partial charge in [-0.2, -0.15) is 0 Å². The maximum atomic E-state index is 13.2. The molecular weight excluding hydrogens is 417 g/mol. The lowest BCUT2D eigenvalue weighted by Crippen LogP contribution is -2.31. The summed E-state index contributed by atoms with van der Waals surface area (Å²) in [5.74, 6) is 0.376. The van der Waals surface area contributed by atoms with E-state index in [0.29, 0.717) is 32.5 Å². The summed E-state index contributed by atoms with van der Waals surface area (Å²) in [6.45, 7) is 0. The lowest BCUT2D eigenvalue weighted by molar-refractivity contribution is -0.119. The predicted octanol–water partition coefficient (Wildman–Crippen LogP) is 5.80. The number of hydrogen-bond acceptors (Lipinski definition) is 4. The number of imide groups is 1. The smallest absolute Gasteiger partial charge is 0.272 e. The molecule has 3 aromatic rings. The molecule has 0 atom stereocenters. The van der Waals surface area contributed by atoms with Crippen molar-refractivity contribution in [3.8, 4) is 0 Å². The first-order valence-corrected chi connectivity index (χ1v) is 10.1. The number of hydrogen-bond donors (Lipinski definition) is 0. The third-order valence-electron chi connectivity index (χ3n) is 4.20. The molecule has 0 radical (unpaired) electrons. The van der Waals surface area contributed by atoms with Gasteiger partial charge in [0.2, 0.25) is 0 Å². The SMILES string of the molecule is O=C1C(SCc2ccco2)=C(c2ccccc2)C(=O)N1c1ccc(Cl)c(Cl)c1. The van der Waals surface area contributed by atoms with Crippen LogP contribution < -0.4 is 4.90 Å². The maximum Gasteiger partial charge on any atom is 0.272 e. The second-order valence-corrected chi connectivity index (χ2v) is 7.78. The van der Waals surface area contributed by atoms with Gasteiger partial charge in [-0.15, -0.1) is 11.8 Å². The molecule has 2 amide bonds.